The van der Waals surface area contributed by atoms with Crippen LogP contribution in [-0.4, -0.2) is 32.6 Å². The summed E-state index contributed by atoms with van der Waals surface area (Å²) in [6.07, 6.45) is 3.26. The van der Waals surface area contributed by atoms with Crippen LogP contribution < -0.4 is 5.32 Å². The van der Waals surface area contributed by atoms with E-state index in [4.69, 9.17) is 4.98 Å². The minimum Gasteiger partial charge on any atom is -0.480 e. The summed E-state index contributed by atoms with van der Waals surface area (Å²) in [6.45, 7) is 0. The van der Waals surface area contributed by atoms with Gasteiger partial charge in [-0.05, 0) is 36.6 Å². The number of nitrogens with one attached hydrogen (secondary N) is 1. The summed E-state index contributed by atoms with van der Waals surface area (Å²) in [7, 11) is 0. The van der Waals surface area contributed by atoms with Crippen LogP contribution in [0.4, 0.5) is 0 Å². The van der Waals surface area contributed by atoms with E-state index < -0.39 is 12.0 Å². The first-order valence-corrected chi connectivity index (χ1v) is 9.66. The number of nitrogens with zero attached hydrogens (tertiary/aromatic N) is 2. The van der Waals surface area contributed by atoms with E-state index in [1.54, 1.807) is 0 Å². The van der Waals surface area contributed by atoms with E-state index in [1.165, 1.54) is 0 Å². The summed E-state index contributed by atoms with van der Waals surface area (Å²) in [6, 6.07) is 17.0. The van der Waals surface area contributed by atoms with Crippen molar-refractivity contribution in [3.8, 4) is 5.69 Å². The number of carboxylic acid groups (broad SMARTS) is 1. The summed E-state index contributed by atoms with van der Waals surface area (Å²) in [4.78, 5) is 28.5. The van der Waals surface area contributed by atoms with Crippen molar-refractivity contribution in [3.05, 3.63) is 60.4 Å². The van der Waals surface area contributed by atoms with Gasteiger partial charge in [0.1, 0.15) is 11.9 Å². The Morgan fingerprint density at radius 2 is 1.82 bits per heavy atom. The fraction of sp³-hybridized carbons (Fsp3) is 0.318. The Labute approximate surface area is 163 Å². The Hall–Kier alpha value is -3.15. The molecule has 1 amide bonds. The molecule has 1 fully saturated rings. The highest BCUT2D eigenvalue weighted by molar-refractivity contribution is 5.84. The molecule has 0 saturated heterocycles. The third-order valence-electron chi connectivity index (χ3n) is 5.12. The van der Waals surface area contributed by atoms with Crippen molar-refractivity contribution in [1.82, 2.24) is 14.9 Å². The molecule has 2 aromatic carbocycles. The first kappa shape index (κ1) is 18.2. The van der Waals surface area contributed by atoms with Crippen LogP contribution in [0, 0.1) is 5.92 Å². The number of carboxylic acids is 1. The molecule has 1 aliphatic carbocycles. The molecular weight excluding hydrogens is 354 g/mol. The molecule has 1 aromatic heterocycles. The normalized spacial score (nSPS) is 14.7. The van der Waals surface area contributed by atoms with Gasteiger partial charge in [-0.15, -0.1) is 0 Å². The molecule has 1 unspecified atom stereocenters. The zero-order valence-corrected chi connectivity index (χ0v) is 15.5. The minimum atomic E-state index is -0.961. The molecule has 28 heavy (non-hydrogen) atoms. The number of benzene rings is 2. The number of imidazole rings is 1. The summed E-state index contributed by atoms with van der Waals surface area (Å²) in [5.41, 5.74) is 2.85. The van der Waals surface area contributed by atoms with Crippen molar-refractivity contribution in [2.24, 2.45) is 5.92 Å². The third kappa shape index (κ3) is 4.06. The maximum absolute atomic E-state index is 12.4. The van der Waals surface area contributed by atoms with E-state index in [9.17, 15) is 14.7 Å². The van der Waals surface area contributed by atoms with Gasteiger partial charge in [-0.3, -0.25) is 9.36 Å². The van der Waals surface area contributed by atoms with E-state index in [1.807, 2.05) is 54.6 Å². The first-order valence-electron chi connectivity index (χ1n) is 9.66. The van der Waals surface area contributed by atoms with Crippen LogP contribution in [0.25, 0.3) is 16.7 Å². The Bertz CT molecular complexity index is 993. The van der Waals surface area contributed by atoms with Gasteiger partial charge >= 0.3 is 5.97 Å². The van der Waals surface area contributed by atoms with Gasteiger partial charge in [-0.2, -0.15) is 0 Å². The number of aliphatic carboxylic acids is 1. The predicted octanol–water partition coefficient (Wildman–Crippen LogP) is 3.33. The van der Waals surface area contributed by atoms with Gasteiger partial charge in [0.15, 0.2) is 0 Å². The first-order chi connectivity index (χ1) is 13.6. The average molecular weight is 377 g/mol. The third-order valence-corrected chi connectivity index (χ3v) is 5.12. The van der Waals surface area contributed by atoms with Gasteiger partial charge in [0.05, 0.1) is 11.0 Å². The van der Waals surface area contributed by atoms with Crippen LogP contribution in [-0.2, 0) is 16.0 Å². The highest BCUT2D eigenvalue weighted by atomic mass is 16.4. The molecule has 1 saturated carbocycles. The number of carbonyl (C=O) groups is 2. The van der Waals surface area contributed by atoms with Gasteiger partial charge in [0.2, 0.25) is 5.91 Å². The molecule has 6 nitrogen and oxygen atoms in total. The van der Waals surface area contributed by atoms with Crippen LogP contribution in [0.5, 0.6) is 0 Å². The Morgan fingerprint density at radius 3 is 2.54 bits per heavy atom. The predicted molar refractivity (Wildman–Crippen MR) is 106 cm³/mol. The van der Waals surface area contributed by atoms with Crippen LogP contribution in [0.2, 0.25) is 0 Å². The lowest BCUT2D eigenvalue weighted by Crippen LogP contribution is -2.41. The topological polar surface area (TPSA) is 84.2 Å². The van der Waals surface area contributed by atoms with Crippen molar-refractivity contribution in [3.63, 3.8) is 0 Å². The van der Waals surface area contributed by atoms with E-state index in [0.29, 0.717) is 18.8 Å². The van der Waals surface area contributed by atoms with Crippen molar-refractivity contribution in [2.75, 3.05) is 0 Å². The molecular formula is C22H23N3O3. The van der Waals surface area contributed by atoms with Gasteiger partial charge in [0, 0.05) is 18.5 Å². The standard InChI is InChI=1S/C22H23N3O3/c26-21(24-18(22(27)28)14-15-10-11-15)13-12-20-23-17-8-4-5-9-19(17)25(20)16-6-2-1-3-7-16/h1-9,15,18H,10-14H2,(H,24,26)(H,27,28). The lowest BCUT2D eigenvalue weighted by Gasteiger charge is -2.14. The van der Waals surface area contributed by atoms with Crippen molar-refractivity contribution >= 4 is 22.9 Å². The Balaban J connectivity index is 1.51. The molecule has 1 atom stereocenters. The summed E-state index contributed by atoms with van der Waals surface area (Å²) in [5, 5.41) is 12.0. The number of fused-ring (bicyclic) bond motifs is 1. The lowest BCUT2D eigenvalue weighted by atomic mass is 10.1. The molecule has 0 bridgehead atoms. The maximum atomic E-state index is 12.4. The Kier molecular flexibility index (Phi) is 5.10. The number of amides is 1. The van der Waals surface area contributed by atoms with E-state index in [2.05, 4.69) is 9.88 Å². The van der Waals surface area contributed by atoms with Crippen LogP contribution >= 0.6 is 0 Å². The quantitative estimate of drug-likeness (QED) is 0.631. The number of hydrogen-bond donors (Lipinski definition) is 2. The second kappa shape index (κ2) is 7.84. The number of rotatable bonds is 8. The Morgan fingerprint density at radius 1 is 1.11 bits per heavy atom. The van der Waals surface area contributed by atoms with Crippen molar-refractivity contribution in [1.29, 1.82) is 0 Å². The largest absolute Gasteiger partial charge is 0.480 e. The number of aromatic nitrogens is 2. The highest BCUT2D eigenvalue weighted by Crippen LogP contribution is 2.33. The molecule has 3 aromatic rings. The van der Waals surface area contributed by atoms with E-state index in [-0.39, 0.29) is 12.3 Å². The number of aryl methyl sites for hydroxylation is 1. The van der Waals surface area contributed by atoms with Crippen molar-refractivity contribution < 1.29 is 14.7 Å². The monoisotopic (exact) mass is 377 g/mol. The van der Waals surface area contributed by atoms with Gasteiger partial charge in [0.25, 0.3) is 0 Å². The van der Waals surface area contributed by atoms with Gasteiger partial charge in [-0.25, -0.2) is 9.78 Å². The fourth-order valence-corrected chi connectivity index (χ4v) is 3.51. The van der Waals surface area contributed by atoms with Gasteiger partial charge < -0.3 is 10.4 Å². The van der Waals surface area contributed by atoms with Crippen LogP contribution in [0.1, 0.15) is 31.5 Å². The zero-order chi connectivity index (χ0) is 19.5. The van der Waals surface area contributed by atoms with Crippen molar-refractivity contribution in [2.45, 2.75) is 38.1 Å². The van der Waals surface area contributed by atoms with E-state index >= 15 is 0 Å². The smallest absolute Gasteiger partial charge is 0.326 e. The maximum Gasteiger partial charge on any atom is 0.326 e. The number of carbonyl (C=O) groups excluding carboxylic acids is 1. The summed E-state index contributed by atoms with van der Waals surface area (Å²) in [5.74, 6) is 0.0109. The SMILES string of the molecule is O=C(CCc1nc2ccccc2n1-c1ccccc1)NC(CC1CC1)C(=O)O. The number of para-hydroxylation sites is 3. The lowest BCUT2D eigenvalue weighted by molar-refractivity contribution is -0.142. The van der Waals surface area contributed by atoms with E-state index in [0.717, 1.165) is 35.4 Å². The molecule has 1 aliphatic rings. The molecule has 4 rings (SSSR count). The van der Waals surface area contributed by atoms with Gasteiger partial charge in [-0.1, -0.05) is 43.2 Å². The second-order valence-corrected chi connectivity index (χ2v) is 7.33. The summed E-state index contributed by atoms with van der Waals surface area (Å²) >= 11 is 0. The minimum absolute atomic E-state index is 0.199. The van der Waals surface area contributed by atoms with Crippen LogP contribution in [0.15, 0.2) is 54.6 Å². The molecule has 1 heterocycles. The second-order valence-electron chi connectivity index (χ2n) is 7.33. The highest BCUT2D eigenvalue weighted by Gasteiger charge is 2.30. The molecule has 0 aliphatic heterocycles. The molecule has 2 N–H and O–H groups in total. The van der Waals surface area contributed by atoms with Crippen LogP contribution in [0.3, 0.4) is 0 Å². The molecule has 0 radical (unpaired) electrons. The number of hydrogen-bond acceptors (Lipinski definition) is 3. The molecule has 0 spiro atoms. The summed E-state index contributed by atoms with van der Waals surface area (Å²) < 4.78 is 2.06. The molecule has 6 heteroatoms. The zero-order valence-electron chi connectivity index (χ0n) is 15.5. The average Bonchev–Trinajstić information content (AvgIpc) is 3.44. The molecule has 144 valence electrons. The fourth-order valence-electron chi connectivity index (χ4n) is 3.51.